The number of aromatic nitrogens is 1. The Kier molecular flexibility index (Phi) is 4.42. The molecule has 0 aliphatic carbocycles. The highest BCUT2D eigenvalue weighted by atomic mass is 16.5. The SMILES string of the molecule is NC[C@H]1O[C@H](Cc2cc(-c3cccc(O)c3)on2)CC[C@@H]1O. The van der Waals surface area contributed by atoms with E-state index in [1.165, 1.54) is 0 Å². The molecule has 1 saturated heterocycles. The fraction of sp³-hybridized carbons (Fsp3) is 0.438. The van der Waals surface area contributed by atoms with E-state index in [1.807, 2.05) is 12.1 Å². The fourth-order valence-electron chi connectivity index (χ4n) is 2.75. The minimum absolute atomic E-state index is 0.0147. The molecule has 6 nitrogen and oxygen atoms in total. The van der Waals surface area contributed by atoms with Crippen LogP contribution in [0.2, 0.25) is 0 Å². The van der Waals surface area contributed by atoms with Gasteiger partial charge in [-0.15, -0.1) is 0 Å². The maximum Gasteiger partial charge on any atom is 0.167 e. The molecule has 118 valence electrons. The predicted molar refractivity (Wildman–Crippen MR) is 80.3 cm³/mol. The Labute approximate surface area is 128 Å². The average Bonchev–Trinajstić information content (AvgIpc) is 2.98. The molecule has 22 heavy (non-hydrogen) atoms. The summed E-state index contributed by atoms with van der Waals surface area (Å²) in [5.41, 5.74) is 7.16. The van der Waals surface area contributed by atoms with E-state index in [1.54, 1.807) is 18.2 Å². The van der Waals surface area contributed by atoms with E-state index in [2.05, 4.69) is 5.16 Å². The first-order chi connectivity index (χ1) is 10.7. The first-order valence-electron chi connectivity index (χ1n) is 7.44. The Balaban J connectivity index is 1.67. The number of nitrogens with two attached hydrogens (primary N) is 1. The van der Waals surface area contributed by atoms with E-state index < -0.39 is 6.10 Å². The summed E-state index contributed by atoms with van der Waals surface area (Å²) in [6.07, 6.45) is 1.26. The van der Waals surface area contributed by atoms with Gasteiger partial charge >= 0.3 is 0 Å². The molecule has 6 heteroatoms. The number of phenols is 1. The standard InChI is InChI=1S/C16H20N2O4/c17-9-16-14(20)5-4-13(21-16)7-11-8-15(22-18-11)10-2-1-3-12(19)6-10/h1-3,6,8,13-14,16,19-20H,4-5,7,9,17H2/t13-,14-,16+/m0/s1. The zero-order chi connectivity index (χ0) is 15.5. The maximum absolute atomic E-state index is 9.77. The lowest BCUT2D eigenvalue weighted by Crippen LogP contribution is -2.44. The molecule has 3 atom stereocenters. The van der Waals surface area contributed by atoms with Crippen molar-refractivity contribution >= 4 is 0 Å². The van der Waals surface area contributed by atoms with Crippen molar-refractivity contribution in [1.82, 2.24) is 5.16 Å². The molecule has 1 aliphatic rings. The Hall–Kier alpha value is -1.89. The van der Waals surface area contributed by atoms with Gasteiger partial charge < -0.3 is 25.2 Å². The zero-order valence-electron chi connectivity index (χ0n) is 12.2. The highest BCUT2D eigenvalue weighted by molar-refractivity contribution is 5.59. The third-order valence-corrected chi connectivity index (χ3v) is 3.94. The first kappa shape index (κ1) is 15.0. The molecule has 0 amide bonds. The Bertz CT molecular complexity index is 628. The van der Waals surface area contributed by atoms with Crippen molar-refractivity contribution in [1.29, 1.82) is 0 Å². The van der Waals surface area contributed by atoms with Crippen LogP contribution in [0.15, 0.2) is 34.9 Å². The molecule has 0 radical (unpaired) electrons. The largest absolute Gasteiger partial charge is 0.508 e. The molecule has 1 aromatic carbocycles. The molecule has 0 unspecified atom stereocenters. The number of nitrogens with zero attached hydrogens (tertiary/aromatic N) is 1. The van der Waals surface area contributed by atoms with Gasteiger partial charge in [-0.25, -0.2) is 0 Å². The summed E-state index contributed by atoms with van der Waals surface area (Å²) in [7, 11) is 0. The second kappa shape index (κ2) is 6.48. The maximum atomic E-state index is 9.77. The van der Waals surface area contributed by atoms with E-state index in [0.29, 0.717) is 25.1 Å². The van der Waals surface area contributed by atoms with Crippen molar-refractivity contribution in [3.05, 3.63) is 36.0 Å². The van der Waals surface area contributed by atoms with Crippen LogP contribution in [0.1, 0.15) is 18.5 Å². The van der Waals surface area contributed by atoms with Crippen molar-refractivity contribution in [2.45, 2.75) is 37.6 Å². The van der Waals surface area contributed by atoms with Crippen molar-refractivity contribution in [2.24, 2.45) is 5.73 Å². The summed E-state index contributed by atoms with van der Waals surface area (Å²) < 4.78 is 11.1. The number of ether oxygens (including phenoxy) is 1. The summed E-state index contributed by atoms with van der Waals surface area (Å²) in [6.45, 7) is 0.311. The predicted octanol–water partition coefficient (Wildman–Crippen LogP) is 1.46. The minimum atomic E-state index is -0.485. The number of benzene rings is 1. The Morgan fingerprint density at radius 3 is 2.91 bits per heavy atom. The summed E-state index contributed by atoms with van der Waals surface area (Å²) in [5, 5.41) is 23.3. The summed E-state index contributed by atoms with van der Waals surface area (Å²) in [4.78, 5) is 0. The van der Waals surface area contributed by atoms with Crippen LogP contribution >= 0.6 is 0 Å². The van der Waals surface area contributed by atoms with Gasteiger partial charge in [0.1, 0.15) is 5.75 Å². The topological polar surface area (TPSA) is 102 Å². The normalized spacial score (nSPS) is 25.3. The molecular weight excluding hydrogens is 284 g/mol. The number of rotatable bonds is 4. The van der Waals surface area contributed by atoms with Crippen molar-refractivity contribution in [3.8, 4) is 17.1 Å². The lowest BCUT2D eigenvalue weighted by Gasteiger charge is -2.32. The van der Waals surface area contributed by atoms with Gasteiger partial charge in [-0.1, -0.05) is 17.3 Å². The van der Waals surface area contributed by atoms with Crippen LogP contribution in [0, 0.1) is 0 Å². The molecule has 1 aromatic heterocycles. The third kappa shape index (κ3) is 3.30. The van der Waals surface area contributed by atoms with E-state index in [9.17, 15) is 10.2 Å². The Morgan fingerprint density at radius 1 is 1.27 bits per heavy atom. The highest BCUT2D eigenvalue weighted by Gasteiger charge is 2.29. The summed E-state index contributed by atoms with van der Waals surface area (Å²) in [6, 6.07) is 8.68. The van der Waals surface area contributed by atoms with Gasteiger partial charge in [-0.2, -0.15) is 0 Å². The average molecular weight is 304 g/mol. The van der Waals surface area contributed by atoms with Crippen LogP contribution in [-0.4, -0.2) is 40.2 Å². The Morgan fingerprint density at radius 2 is 2.14 bits per heavy atom. The van der Waals surface area contributed by atoms with Crippen LogP contribution in [0.25, 0.3) is 11.3 Å². The van der Waals surface area contributed by atoms with Crippen LogP contribution < -0.4 is 5.73 Å². The van der Waals surface area contributed by atoms with Gasteiger partial charge in [0.15, 0.2) is 5.76 Å². The highest BCUT2D eigenvalue weighted by Crippen LogP contribution is 2.26. The number of aromatic hydroxyl groups is 1. The van der Waals surface area contributed by atoms with E-state index >= 15 is 0 Å². The number of hydrogen-bond donors (Lipinski definition) is 3. The molecule has 2 aromatic rings. The smallest absolute Gasteiger partial charge is 0.167 e. The third-order valence-electron chi connectivity index (χ3n) is 3.94. The lowest BCUT2D eigenvalue weighted by atomic mass is 9.98. The molecule has 2 heterocycles. The van der Waals surface area contributed by atoms with Gasteiger partial charge in [-0.05, 0) is 25.0 Å². The summed E-state index contributed by atoms with van der Waals surface area (Å²) in [5.74, 6) is 0.794. The van der Waals surface area contributed by atoms with Gasteiger partial charge in [0.05, 0.1) is 24.0 Å². The monoisotopic (exact) mass is 304 g/mol. The fourth-order valence-corrected chi connectivity index (χ4v) is 2.75. The van der Waals surface area contributed by atoms with E-state index in [4.69, 9.17) is 15.0 Å². The quantitative estimate of drug-likeness (QED) is 0.790. The van der Waals surface area contributed by atoms with E-state index in [-0.39, 0.29) is 18.0 Å². The second-order valence-corrected chi connectivity index (χ2v) is 5.61. The molecule has 3 rings (SSSR count). The molecule has 0 spiro atoms. The van der Waals surface area contributed by atoms with Crippen molar-refractivity contribution < 1.29 is 19.5 Å². The molecular formula is C16H20N2O4. The molecule has 1 aliphatic heterocycles. The van der Waals surface area contributed by atoms with E-state index in [0.717, 1.165) is 17.7 Å². The number of phenolic OH excluding ortho intramolecular Hbond substituents is 1. The molecule has 0 saturated carbocycles. The van der Waals surface area contributed by atoms with Gasteiger partial charge in [0, 0.05) is 24.6 Å². The number of aliphatic hydroxyl groups excluding tert-OH is 1. The van der Waals surface area contributed by atoms with Crippen LogP contribution in [0.4, 0.5) is 0 Å². The minimum Gasteiger partial charge on any atom is -0.508 e. The van der Waals surface area contributed by atoms with Crippen LogP contribution in [0.5, 0.6) is 5.75 Å². The molecule has 0 bridgehead atoms. The molecule has 1 fully saturated rings. The van der Waals surface area contributed by atoms with Gasteiger partial charge in [-0.3, -0.25) is 0 Å². The lowest BCUT2D eigenvalue weighted by molar-refractivity contribution is -0.111. The van der Waals surface area contributed by atoms with Crippen LogP contribution in [-0.2, 0) is 11.2 Å². The van der Waals surface area contributed by atoms with Gasteiger partial charge in [0.25, 0.3) is 0 Å². The zero-order valence-corrected chi connectivity index (χ0v) is 12.2. The second-order valence-electron chi connectivity index (χ2n) is 5.61. The molecule has 4 N–H and O–H groups in total. The van der Waals surface area contributed by atoms with Crippen molar-refractivity contribution in [2.75, 3.05) is 6.54 Å². The van der Waals surface area contributed by atoms with Crippen LogP contribution in [0.3, 0.4) is 0 Å². The summed E-state index contributed by atoms with van der Waals surface area (Å²) >= 11 is 0. The van der Waals surface area contributed by atoms with Crippen molar-refractivity contribution in [3.63, 3.8) is 0 Å². The number of hydrogen-bond acceptors (Lipinski definition) is 6. The first-order valence-corrected chi connectivity index (χ1v) is 7.44. The van der Waals surface area contributed by atoms with Gasteiger partial charge in [0.2, 0.25) is 0 Å². The number of aliphatic hydroxyl groups is 1.